The summed E-state index contributed by atoms with van der Waals surface area (Å²) in [5.74, 6) is -0.570. The Labute approximate surface area is 174 Å². The van der Waals surface area contributed by atoms with E-state index in [1.807, 2.05) is 42.5 Å². The molecule has 1 aliphatic rings. The molecule has 0 spiro atoms. The molecule has 6 nitrogen and oxygen atoms in total. The highest BCUT2D eigenvalue weighted by atomic mass is 16.3. The van der Waals surface area contributed by atoms with Crippen LogP contribution in [-0.4, -0.2) is 23.1 Å². The maximum absolute atomic E-state index is 12.4. The molecule has 3 aromatic carbocycles. The number of phenols is 1. The molecule has 1 heterocycles. The molecular weight excluding hydrogens is 378 g/mol. The third kappa shape index (κ3) is 4.38. The molecule has 3 N–H and O–H groups in total. The molecule has 30 heavy (non-hydrogen) atoms. The second kappa shape index (κ2) is 8.21. The minimum absolute atomic E-state index is 0.100. The summed E-state index contributed by atoms with van der Waals surface area (Å²) in [4.78, 5) is 27.9. The largest absolute Gasteiger partial charge is 0.508 e. The first-order valence-corrected chi connectivity index (χ1v) is 9.61. The summed E-state index contributed by atoms with van der Waals surface area (Å²) in [5, 5.41) is 15.2. The van der Waals surface area contributed by atoms with Crippen LogP contribution < -0.4 is 10.6 Å². The number of phenolic OH excluding ortho intramolecular Hbond substituents is 1. The minimum Gasteiger partial charge on any atom is -0.508 e. The smallest absolute Gasteiger partial charge is 0.237 e. The lowest BCUT2D eigenvalue weighted by Crippen LogP contribution is -2.12. The van der Waals surface area contributed by atoms with E-state index in [9.17, 15) is 14.7 Å². The molecule has 0 saturated carbocycles. The molecule has 4 rings (SSSR count). The standard InChI is InChI=1S/C24H21N3O3/c1-15(28)26-18-8-5-16(6-9-18)11-17-7-10-23-21(12-17)22(24(30)27-23)14-25-19-3-2-4-20(29)13-19/h2-10,12-14,22,29H,11H2,1H3,(H,26,28)(H,27,30). The van der Waals surface area contributed by atoms with Crippen LogP contribution in [0.1, 0.15) is 29.5 Å². The van der Waals surface area contributed by atoms with Gasteiger partial charge >= 0.3 is 0 Å². The van der Waals surface area contributed by atoms with Crippen LogP contribution in [0.5, 0.6) is 5.75 Å². The Bertz CT molecular complexity index is 1140. The summed E-state index contributed by atoms with van der Waals surface area (Å²) in [6.07, 6.45) is 2.32. The predicted molar refractivity (Wildman–Crippen MR) is 118 cm³/mol. The number of aromatic hydroxyl groups is 1. The second-order valence-electron chi connectivity index (χ2n) is 7.24. The number of hydrogen-bond acceptors (Lipinski definition) is 4. The van der Waals surface area contributed by atoms with Gasteiger partial charge in [0.15, 0.2) is 0 Å². The van der Waals surface area contributed by atoms with E-state index in [0.717, 1.165) is 28.1 Å². The molecule has 0 radical (unpaired) electrons. The van der Waals surface area contributed by atoms with Crippen molar-refractivity contribution < 1.29 is 14.7 Å². The van der Waals surface area contributed by atoms with Crippen molar-refractivity contribution in [3.05, 3.63) is 83.4 Å². The fourth-order valence-electron chi connectivity index (χ4n) is 3.47. The lowest BCUT2D eigenvalue weighted by Gasteiger charge is -2.08. The molecule has 0 aliphatic carbocycles. The lowest BCUT2D eigenvalue weighted by molar-refractivity contribution is -0.116. The van der Waals surface area contributed by atoms with Crippen LogP contribution in [-0.2, 0) is 16.0 Å². The van der Waals surface area contributed by atoms with Gasteiger partial charge in [0.1, 0.15) is 11.7 Å². The highest BCUT2D eigenvalue weighted by Crippen LogP contribution is 2.33. The van der Waals surface area contributed by atoms with E-state index < -0.39 is 5.92 Å². The van der Waals surface area contributed by atoms with Crippen LogP contribution in [0.25, 0.3) is 0 Å². The molecule has 3 aromatic rings. The Morgan fingerprint density at radius 1 is 1.10 bits per heavy atom. The van der Waals surface area contributed by atoms with Crippen molar-refractivity contribution in [2.24, 2.45) is 4.99 Å². The van der Waals surface area contributed by atoms with E-state index in [-0.39, 0.29) is 17.6 Å². The van der Waals surface area contributed by atoms with Gasteiger partial charge in [0.2, 0.25) is 11.8 Å². The quantitative estimate of drug-likeness (QED) is 0.556. The van der Waals surface area contributed by atoms with Crippen LogP contribution in [0, 0.1) is 0 Å². The number of aliphatic imine (C=N–C) groups is 1. The van der Waals surface area contributed by atoms with Gasteiger partial charge in [0, 0.05) is 30.6 Å². The van der Waals surface area contributed by atoms with Crippen LogP contribution in [0.2, 0.25) is 0 Å². The van der Waals surface area contributed by atoms with Crippen LogP contribution in [0.4, 0.5) is 17.1 Å². The molecule has 6 heteroatoms. The average Bonchev–Trinajstić information content (AvgIpc) is 3.02. The zero-order valence-electron chi connectivity index (χ0n) is 16.4. The summed E-state index contributed by atoms with van der Waals surface area (Å²) >= 11 is 0. The van der Waals surface area contributed by atoms with Crippen molar-refractivity contribution >= 4 is 35.1 Å². The van der Waals surface area contributed by atoms with Gasteiger partial charge in [-0.15, -0.1) is 0 Å². The maximum Gasteiger partial charge on any atom is 0.237 e. The number of carbonyl (C=O) groups is 2. The van der Waals surface area contributed by atoms with Crippen molar-refractivity contribution in [2.75, 3.05) is 10.6 Å². The van der Waals surface area contributed by atoms with E-state index >= 15 is 0 Å². The van der Waals surface area contributed by atoms with Gasteiger partial charge in [-0.1, -0.05) is 30.3 Å². The number of carbonyl (C=O) groups excluding carboxylic acids is 2. The number of hydrogen-bond donors (Lipinski definition) is 3. The average molecular weight is 399 g/mol. The number of rotatable bonds is 5. The zero-order chi connectivity index (χ0) is 21.1. The van der Waals surface area contributed by atoms with Gasteiger partial charge in [0.25, 0.3) is 0 Å². The zero-order valence-corrected chi connectivity index (χ0v) is 16.4. The van der Waals surface area contributed by atoms with Gasteiger partial charge in [-0.25, -0.2) is 0 Å². The molecule has 1 aliphatic heterocycles. The second-order valence-corrected chi connectivity index (χ2v) is 7.24. The van der Waals surface area contributed by atoms with Crippen LogP contribution >= 0.6 is 0 Å². The Balaban J connectivity index is 1.53. The van der Waals surface area contributed by atoms with Crippen molar-refractivity contribution in [2.45, 2.75) is 19.3 Å². The molecule has 2 amide bonds. The van der Waals surface area contributed by atoms with E-state index in [1.165, 1.54) is 6.92 Å². The number of nitrogens with zero attached hydrogens (tertiary/aromatic N) is 1. The number of fused-ring (bicyclic) bond motifs is 1. The maximum atomic E-state index is 12.4. The third-order valence-electron chi connectivity index (χ3n) is 4.88. The topological polar surface area (TPSA) is 90.8 Å². The summed E-state index contributed by atoms with van der Waals surface area (Å²) in [6.45, 7) is 1.48. The van der Waals surface area contributed by atoms with Crippen molar-refractivity contribution in [3.63, 3.8) is 0 Å². The summed E-state index contributed by atoms with van der Waals surface area (Å²) < 4.78 is 0. The van der Waals surface area contributed by atoms with Crippen LogP contribution in [0.3, 0.4) is 0 Å². The Kier molecular flexibility index (Phi) is 5.30. The first kappa shape index (κ1) is 19.4. The summed E-state index contributed by atoms with van der Waals surface area (Å²) in [6, 6.07) is 20.2. The number of nitrogens with one attached hydrogen (secondary N) is 2. The fraction of sp³-hybridized carbons (Fsp3) is 0.125. The van der Waals surface area contributed by atoms with Gasteiger partial charge in [0.05, 0.1) is 5.69 Å². The van der Waals surface area contributed by atoms with Crippen molar-refractivity contribution in [1.29, 1.82) is 0 Å². The van der Waals surface area contributed by atoms with E-state index in [4.69, 9.17) is 0 Å². The predicted octanol–water partition coefficient (Wildman–Crippen LogP) is 4.38. The number of anilines is 2. The molecule has 0 aromatic heterocycles. The molecular formula is C24H21N3O3. The van der Waals surface area contributed by atoms with E-state index in [1.54, 1.807) is 30.5 Å². The highest BCUT2D eigenvalue weighted by molar-refractivity contribution is 6.12. The van der Waals surface area contributed by atoms with Crippen molar-refractivity contribution in [3.8, 4) is 5.75 Å². The molecule has 0 fully saturated rings. The van der Waals surface area contributed by atoms with Crippen LogP contribution in [0.15, 0.2) is 71.7 Å². The van der Waals surface area contributed by atoms with E-state index in [2.05, 4.69) is 15.6 Å². The molecule has 0 bridgehead atoms. The highest BCUT2D eigenvalue weighted by Gasteiger charge is 2.29. The number of benzene rings is 3. The fourth-order valence-corrected chi connectivity index (χ4v) is 3.47. The normalized spacial score (nSPS) is 15.1. The lowest BCUT2D eigenvalue weighted by atomic mass is 9.96. The van der Waals surface area contributed by atoms with Gasteiger partial charge < -0.3 is 15.7 Å². The van der Waals surface area contributed by atoms with Gasteiger partial charge in [-0.05, 0) is 53.4 Å². The number of amides is 2. The monoisotopic (exact) mass is 399 g/mol. The molecule has 1 unspecified atom stereocenters. The van der Waals surface area contributed by atoms with Gasteiger partial charge in [-0.3, -0.25) is 14.6 Å². The van der Waals surface area contributed by atoms with Gasteiger partial charge in [-0.2, -0.15) is 0 Å². The minimum atomic E-state index is -0.482. The SMILES string of the molecule is CC(=O)Nc1ccc(Cc2ccc3c(c2)C(C=Nc2cccc(O)c2)C(=O)N3)cc1. The van der Waals surface area contributed by atoms with E-state index in [0.29, 0.717) is 12.1 Å². The Morgan fingerprint density at radius 3 is 2.60 bits per heavy atom. The molecule has 1 atom stereocenters. The molecule has 150 valence electrons. The first-order chi connectivity index (χ1) is 14.5. The third-order valence-corrected chi connectivity index (χ3v) is 4.88. The first-order valence-electron chi connectivity index (χ1n) is 9.61. The molecule has 0 saturated heterocycles. The van der Waals surface area contributed by atoms with Crippen molar-refractivity contribution in [1.82, 2.24) is 0 Å². The summed E-state index contributed by atoms with van der Waals surface area (Å²) in [5.41, 5.74) is 5.21. The Morgan fingerprint density at radius 2 is 1.87 bits per heavy atom. The Hall–Kier alpha value is -3.93. The summed E-state index contributed by atoms with van der Waals surface area (Å²) in [7, 11) is 0.